The molecule has 2 heterocycles. The van der Waals surface area contributed by atoms with Crippen LogP contribution in [0.1, 0.15) is 58.2 Å². The predicted molar refractivity (Wildman–Crippen MR) is 77.6 cm³/mol. The first-order chi connectivity index (χ1) is 9.28. The number of hydrogen-bond donors (Lipinski definition) is 1. The van der Waals surface area contributed by atoms with E-state index in [0.717, 1.165) is 23.4 Å². The first kappa shape index (κ1) is 13.8. The summed E-state index contributed by atoms with van der Waals surface area (Å²) < 4.78 is 5.41. The lowest BCUT2D eigenvalue weighted by atomic mass is 9.99. The Labute approximate surface area is 114 Å². The highest BCUT2D eigenvalue weighted by molar-refractivity contribution is 5.71. The van der Waals surface area contributed by atoms with Crippen LogP contribution < -0.4 is 4.74 Å². The lowest BCUT2D eigenvalue weighted by Gasteiger charge is -2.10. The Morgan fingerprint density at radius 3 is 2.74 bits per heavy atom. The van der Waals surface area contributed by atoms with Crippen molar-refractivity contribution < 1.29 is 4.74 Å². The summed E-state index contributed by atoms with van der Waals surface area (Å²) in [6.07, 6.45) is 4.76. The molecular weight excluding hydrogens is 238 g/mol. The molecule has 4 heteroatoms. The summed E-state index contributed by atoms with van der Waals surface area (Å²) in [6.45, 7) is 7.03. The van der Waals surface area contributed by atoms with Gasteiger partial charge in [-0.05, 0) is 25.8 Å². The van der Waals surface area contributed by atoms with E-state index in [9.17, 15) is 0 Å². The van der Waals surface area contributed by atoms with Crippen molar-refractivity contribution in [2.24, 2.45) is 0 Å². The van der Waals surface area contributed by atoms with Gasteiger partial charge in [-0.3, -0.25) is 0 Å². The third-order valence-corrected chi connectivity index (χ3v) is 3.42. The Balaban J connectivity index is 2.24. The summed E-state index contributed by atoms with van der Waals surface area (Å²) in [5.74, 6) is 2.21. The third kappa shape index (κ3) is 3.25. The lowest BCUT2D eigenvalue weighted by molar-refractivity contribution is 0.328. The largest absolute Gasteiger partial charge is 0.478 e. The molecule has 19 heavy (non-hydrogen) atoms. The first-order valence-corrected chi connectivity index (χ1v) is 7.27. The van der Waals surface area contributed by atoms with Crippen molar-refractivity contribution in [3.63, 3.8) is 0 Å². The molecule has 2 aromatic rings. The van der Waals surface area contributed by atoms with E-state index >= 15 is 0 Å². The maximum absolute atomic E-state index is 5.41. The molecule has 0 aliphatic carbocycles. The zero-order valence-corrected chi connectivity index (χ0v) is 12.1. The van der Waals surface area contributed by atoms with Gasteiger partial charge >= 0.3 is 0 Å². The van der Waals surface area contributed by atoms with Gasteiger partial charge in [-0.15, -0.1) is 0 Å². The Hall–Kier alpha value is -1.58. The van der Waals surface area contributed by atoms with Crippen LogP contribution >= 0.6 is 0 Å². The smallest absolute Gasteiger partial charge is 0.215 e. The van der Waals surface area contributed by atoms with E-state index in [-0.39, 0.29) is 0 Å². The number of unbranched alkanes of at least 4 members (excludes halogenated alkanes) is 1. The zero-order valence-electron chi connectivity index (χ0n) is 12.1. The molecule has 1 unspecified atom stereocenters. The Bertz CT molecular complexity index is 521. The van der Waals surface area contributed by atoms with E-state index in [1.165, 1.54) is 19.3 Å². The Morgan fingerprint density at radius 1 is 1.21 bits per heavy atom. The minimum absolute atomic E-state index is 0.504. The number of imidazole rings is 1. The molecule has 0 spiro atoms. The minimum atomic E-state index is 0.504. The highest BCUT2D eigenvalue weighted by Gasteiger charge is 2.14. The second kappa shape index (κ2) is 6.55. The van der Waals surface area contributed by atoms with Crippen LogP contribution in [0.3, 0.4) is 0 Å². The normalized spacial score (nSPS) is 12.8. The van der Waals surface area contributed by atoms with Crippen LogP contribution in [0.5, 0.6) is 5.88 Å². The Kier molecular flexibility index (Phi) is 4.77. The summed E-state index contributed by atoms with van der Waals surface area (Å²) in [5, 5.41) is 0. The van der Waals surface area contributed by atoms with Gasteiger partial charge in [0, 0.05) is 12.0 Å². The number of nitrogens with zero attached hydrogens (tertiary/aromatic N) is 2. The van der Waals surface area contributed by atoms with E-state index < -0.39 is 0 Å². The molecule has 104 valence electrons. The van der Waals surface area contributed by atoms with Gasteiger partial charge in [-0.1, -0.05) is 26.7 Å². The number of ether oxygens (including phenoxy) is 1. The summed E-state index contributed by atoms with van der Waals surface area (Å²) >= 11 is 0. The van der Waals surface area contributed by atoms with Gasteiger partial charge in [-0.25, -0.2) is 4.98 Å². The number of fused-ring (bicyclic) bond motifs is 1. The van der Waals surface area contributed by atoms with Crippen LogP contribution in [0.4, 0.5) is 0 Å². The van der Waals surface area contributed by atoms with E-state index in [1.54, 1.807) is 0 Å². The molecule has 2 rings (SSSR count). The number of aromatic nitrogens is 3. The number of aromatic amines is 1. The summed E-state index contributed by atoms with van der Waals surface area (Å²) in [6, 6.07) is 3.89. The van der Waals surface area contributed by atoms with Gasteiger partial charge < -0.3 is 9.72 Å². The molecular formula is C15H23N3O. The molecule has 0 bridgehead atoms. The number of rotatable bonds is 7. The SMILES string of the molecule is CCCCC(CC)c1nc2nc(OCC)ccc2[nH]1. The third-order valence-electron chi connectivity index (χ3n) is 3.42. The number of hydrogen-bond acceptors (Lipinski definition) is 3. The van der Waals surface area contributed by atoms with E-state index in [1.807, 2.05) is 19.1 Å². The highest BCUT2D eigenvalue weighted by Crippen LogP contribution is 2.25. The van der Waals surface area contributed by atoms with Crippen LogP contribution in [-0.2, 0) is 0 Å². The van der Waals surface area contributed by atoms with Gasteiger partial charge in [0.05, 0.1) is 12.1 Å². The molecule has 4 nitrogen and oxygen atoms in total. The van der Waals surface area contributed by atoms with Gasteiger partial charge in [-0.2, -0.15) is 4.98 Å². The van der Waals surface area contributed by atoms with E-state index in [2.05, 4.69) is 28.8 Å². The van der Waals surface area contributed by atoms with E-state index in [0.29, 0.717) is 18.4 Å². The first-order valence-electron chi connectivity index (χ1n) is 7.27. The second-order valence-corrected chi connectivity index (χ2v) is 4.82. The van der Waals surface area contributed by atoms with Gasteiger partial charge in [0.2, 0.25) is 5.88 Å². The lowest BCUT2D eigenvalue weighted by Crippen LogP contribution is -1.99. The van der Waals surface area contributed by atoms with Crippen molar-refractivity contribution in [1.82, 2.24) is 15.0 Å². The molecule has 0 aromatic carbocycles. The minimum Gasteiger partial charge on any atom is -0.478 e. The van der Waals surface area contributed by atoms with Crippen molar-refractivity contribution in [2.45, 2.75) is 52.4 Å². The second-order valence-electron chi connectivity index (χ2n) is 4.82. The van der Waals surface area contributed by atoms with Crippen molar-refractivity contribution in [3.05, 3.63) is 18.0 Å². The number of H-pyrrole nitrogens is 1. The fourth-order valence-electron chi connectivity index (χ4n) is 2.30. The van der Waals surface area contributed by atoms with Crippen LogP contribution in [-0.4, -0.2) is 21.6 Å². The van der Waals surface area contributed by atoms with Gasteiger partial charge in [0.1, 0.15) is 5.82 Å². The Morgan fingerprint density at radius 2 is 2.05 bits per heavy atom. The van der Waals surface area contributed by atoms with Crippen molar-refractivity contribution in [1.29, 1.82) is 0 Å². The predicted octanol–water partition coefficient (Wildman–Crippen LogP) is 4.04. The fraction of sp³-hybridized carbons (Fsp3) is 0.600. The summed E-state index contributed by atoms with van der Waals surface area (Å²) in [7, 11) is 0. The molecule has 0 fully saturated rings. The highest BCUT2D eigenvalue weighted by atomic mass is 16.5. The van der Waals surface area contributed by atoms with Gasteiger partial charge in [0.15, 0.2) is 5.65 Å². The molecule has 0 amide bonds. The van der Waals surface area contributed by atoms with Crippen molar-refractivity contribution in [2.75, 3.05) is 6.61 Å². The standard InChI is InChI=1S/C15H23N3O/c1-4-7-8-11(5-2)14-16-12-9-10-13(19-6-3)17-15(12)18-14/h9-11H,4-8H2,1-3H3,(H,16,17,18). The zero-order chi connectivity index (χ0) is 13.7. The molecule has 0 saturated carbocycles. The van der Waals surface area contributed by atoms with Crippen molar-refractivity contribution >= 4 is 11.2 Å². The van der Waals surface area contributed by atoms with Crippen LogP contribution in [0.25, 0.3) is 11.2 Å². The average molecular weight is 261 g/mol. The quantitative estimate of drug-likeness (QED) is 0.818. The molecule has 0 radical (unpaired) electrons. The maximum Gasteiger partial charge on any atom is 0.215 e. The van der Waals surface area contributed by atoms with Crippen molar-refractivity contribution in [3.8, 4) is 5.88 Å². The molecule has 2 aromatic heterocycles. The monoisotopic (exact) mass is 261 g/mol. The topological polar surface area (TPSA) is 50.8 Å². The summed E-state index contributed by atoms with van der Waals surface area (Å²) in [4.78, 5) is 12.4. The summed E-state index contributed by atoms with van der Waals surface area (Å²) in [5.41, 5.74) is 1.75. The van der Waals surface area contributed by atoms with Gasteiger partial charge in [0.25, 0.3) is 0 Å². The average Bonchev–Trinajstić information content (AvgIpc) is 2.83. The number of nitrogens with one attached hydrogen (secondary N) is 1. The van der Waals surface area contributed by atoms with Crippen LogP contribution in [0, 0.1) is 0 Å². The molecule has 0 aliphatic heterocycles. The molecule has 1 atom stereocenters. The number of pyridine rings is 1. The maximum atomic E-state index is 5.41. The fourth-order valence-corrected chi connectivity index (χ4v) is 2.30. The van der Waals surface area contributed by atoms with Crippen LogP contribution in [0.2, 0.25) is 0 Å². The van der Waals surface area contributed by atoms with Crippen LogP contribution in [0.15, 0.2) is 12.1 Å². The molecule has 1 N–H and O–H groups in total. The molecule has 0 aliphatic rings. The van der Waals surface area contributed by atoms with E-state index in [4.69, 9.17) is 4.74 Å². The molecule has 0 saturated heterocycles.